The van der Waals surface area contributed by atoms with Crippen molar-refractivity contribution in [2.75, 3.05) is 6.54 Å². The van der Waals surface area contributed by atoms with Crippen molar-refractivity contribution in [2.45, 2.75) is 58.4 Å². The van der Waals surface area contributed by atoms with Crippen LogP contribution < -0.4 is 5.32 Å². The second kappa shape index (κ2) is 7.05. The molecule has 0 aromatic carbocycles. The summed E-state index contributed by atoms with van der Waals surface area (Å²) in [6.07, 6.45) is 10.4. The Morgan fingerprint density at radius 3 is 2.53 bits per heavy atom. The van der Waals surface area contributed by atoms with Crippen LogP contribution in [0.4, 0.5) is 0 Å². The van der Waals surface area contributed by atoms with Crippen LogP contribution in [0.3, 0.4) is 0 Å². The summed E-state index contributed by atoms with van der Waals surface area (Å²) in [6.45, 7) is 9.53. The Kier molecular flexibility index (Phi) is 6.00. The summed E-state index contributed by atoms with van der Waals surface area (Å²) in [4.78, 5) is 0. The first-order valence-electron chi connectivity index (χ1n) is 6.58. The van der Waals surface area contributed by atoms with Crippen molar-refractivity contribution in [1.82, 2.24) is 5.32 Å². The molecule has 2 atom stereocenters. The number of rotatable bonds is 6. The van der Waals surface area contributed by atoms with Gasteiger partial charge in [0.05, 0.1) is 0 Å². The number of nitrogens with one attached hydrogen (secondary N) is 1. The van der Waals surface area contributed by atoms with Gasteiger partial charge in [-0.3, -0.25) is 0 Å². The minimum Gasteiger partial charge on any atom is -0.314 e. The van der Waals surface area contributed by atoms with Gasteiger partial charge in [0.1, 0.15) is 0 Å². The van der Waals surface area contributed by atoms with E-state index < -0.39 is 0 Å². The molecule has 2 unspecified atom stereocenters. The van der Waals surface area contributed by atoms with Gasteiger partial charge in [0.2, 0.25) is 0 Å². The van der Waals surface area contributed by atoms with Crippen LogP contribution in [-0.2, 0) is 0 Å². The van der Waals surface area contributed by atoms with Crippen molar-refractivity contribution < 1.29 is 0 Å². The maximum absolute atomic E-state index is 3.83. The second-order valence-electron chi connectivity index (χ2n) is 5.23. The van der Waals surface area contributed by atoms with Gasteiger partial charge in [-0.25, -0.2) is 0 Å². The van der Waals surface area contributed by atoms with Gasteiger partial charge < -0.3 is 5.32 Å². The van der Waals surface area contributed by atoms with E-state index in [2.05, 4.69) is 31.8 Å². The van der Waals surface area contributed by atoms with Crippen molar-refractivity contribution in [3.63, 3.8) is 0 Å². The zero-order valence-electron chi connectivity index (χ0n) is 10.5. The Hall–Kier alpha value is -0.300. The maximum atomic E-state index is 3.83. The molecule has 0 spiro atoms. The first-order valence-corrected chi connectivity index (χ1v) is 6.58. The van der Waals surface area contributed by atoms with E-state index in [4.69, 9.17) is 0 Å². The molecule has 1 heteroatoms. The highest BCUT2D eigenvalue weighted by Crippen LogP contribution is 2.32. The van der Waals surface area contributed by atoms with Gasteiger partial charge in [0.25, 0.3) is 0 Å². The van der Waals surface area contributed by atoms with Gasteiger partial charge in [-0.2, -0.15) is 0 Å². The molecule has 1 nitrogen and oxygen atoms in total. The van der Waals surface area contributed by atoms with Crippen LogP contribution in [0.5, 0.6) is 0 Å². The van der Waals surface area contributed by atoms with E-state index in [0.29, 0.717) is 6.04 Å². The third-order valence-electron chi connectivity index (χ3n) is 3.60. The molecule has 1 fully saturated rings. The molecule has 1 aliphatic carbocycles. The third-order valence-corrected chi connectivity index (χ3v) is 3.60. The first-order chi connectivity index (χ1) is 7.24. The van der Waals surface area contributed by atoms with Crippen molar-refractivity contribution in [1.29, 1.82) is 0 Å². The normalized spacial score (nSPS) is 26.9. The van der Waals surface area contributed by atoms with Gasteiger partial charge in [0.15, 0.2) is 0 Å². The molecule has 1 rings (SSSR count). The smallest absolute Gasteiger partial charge is 0.00104 e. The largest absolute Gasteiger partial charge is 0.314 e. The second-order valence-corrected chi connectivity index (χ2v) is 5.23. The van der Waals surface area contributed by atoms with Crippen LogP contribution in [-0.4, -0.2) is 12.6 Å². The zero-order chi connectivity index (χ0) is 11.1. The summed E-state index contributed by atoms with van der Waals surface area (Å²) in [5.41, 5.74) is 0. The highest BCUT2D eigenvalue weighted by atomic mass is 14.9. The Morgan fingerprint density at radius 2 is 1.93 bits per heavy atom. The topological polar surface area (TPSA) is 12.0 Å². The molecule has 0 bridgehead atoms. The lowest BCUT2D eigenvalue weighted by Crippen LogP contribution is -2.34. The fourth-order valence-corrected chi connectivity index (χ4v) is 2.65. The van der Waals surface area contributed by atoms with E-state index in [-0.39, 0.29) is 0 Å². The molecule has 0 aromatic rings. The summed E-state index contributed by atoms with van der Waals surface area (Å²) in [5.74, 6) is 1.86. The predicted octanol–water partition coefficient (Wildman–Crippen LogP) is 3.76. The molecule has 15 heavy (non-hydrogen) atoms. The summed E-state index contributed by atoms with van der Waals surface area (Å²) in [6, 6.07) is 0.631. The summed E-state index contributed by atoms with van der Waals surface area (Å²) < 4.78 is 0. The molecule has 1 N–H and O–H groups in total. The molecule has 1 saturated carbocycles. The van der Waals surface area contributed by atoms with E-state index >= 15 is 0 Å². The summed E-state index contributed by atoms with van der Waals surface area (Å²) in [5, 5.41) is 3.60. The monoisotopic (exact) mass is 209 g/mol. The standard InChI is InChI=1S/C14H27N/c1-4-5-8-13-9-6-7-10-14(13)11-15-12(2)3/h4,12-15H,1,5-11H2,2-3H3. The maximum Gasteiger partial charge on any atom is 0.00104 e. The number of hydrogen-bond acceptors (Lipinski definition) is 1. The number of allylic oxidation sites excluding steroid dienone is 1. The van der Waals surface area contributed by atoms with Crippen LogP contribution in [0.2, 0.25) is 0 Å². The highest BCUT2D eigenvalue weighted by molar-refractivity contribution is 4.80. The van der Waals surface area contributed by atoms with Gasteiger partial charge in [-0.1, -0.05) is 39.2 Å². The average Bonchev–Trinajstić information content (AvgIpc) is 2.24. The van der Waals surface area contributed by atoms with E-state index in [1.165, 1.54) is 45.1 Å². The minimum absolute atomic E-state index is 0.631. The van der Waals surface area contributed by atoms with Crippen LogP contribution in [0.25, 0.3) is 0 Å². The molecule has 0 saturated heterocycles. The van der Waals surface area contributed by atoms with Crippen LogP contribution >= 0.6 is 0 Å². The molecule has 0 amide bonds. The Balaban J connectivity index is 2.31. The molecule has 0 radical (unpaired) electrons. The molecule has 0 aliphatic heterocycles. The van der Waals surface area contributed by atoms with Gasteiger partial charge in [-0.15, -0.1) is 6.58 Å². The lowest BCUT2D eigenvalue weighted by atomic mass is 9.77. The molecular formula is C14H27N. The minimum atomic E-state index is 0.631. The molecule has 0 aromatic heterocycles. The van der Waals surface area contributed by atoms with E-state index in [9.17, 15) is 0 Å². The quantitative estimate of drug-likeness (QED) is 0.657. The lowest BCUT2D eigenvalue weighted by Gasteiger charge is -2.32. The summed E-state index contributed by atoms with van der Waals surface area (Å²) in [7, 11) is 0. The third kappa shape index (κ3) is 4.83. The van der Waals surface area contributed by atoms with Crippen molar-refractivity contribution in [2.24, 2.45) is 11.8 Å². The fourth-order valence-electron chi connectivity index (χ4n) is 2.65. The first kappa shape index (κ1) is 12.8. The zero-order valence-corrected chi connectivity index (χ0v) is 10.5. The highest BCUT2D eigenvalue weighted by Gasteiger charge is 2.23. The van der Waals surface area contributed by atoms with Gasteiger partial charge >= 0.3 is 0 Å². The van der Waals surface area contributed by atoms with Gasteiger partial charge in [0, 0.05) is 6.04 Å². The van der Waals surface area contributed by atoms with Crippen LogP contribution in [0.1, 0.15) is 52.4 Å². The molecule has 1 aliphatic rings. The molecular weight excluding hydrogens is 182 g/mol. The SMILES string of the molecule is C=CCCC1CCCCC1CNC(C)C. The molecule has 88 valence electrons. The van der Waals surface area contributed by atoms with Gasteiger partial charge in [-0.05, 0) is 37.6 Å². The van der Waals surface area contributed by atoms with E-state index in [1.54, 1.807) is 0 Å². The van der Waals surface area contributed by atoms with E-state index in [0.717, 1.165) is 11.8 Å². The van der Waals surface area contributed by atoms with E-state index in [1.807, 2.05) is 0 Å². The fraction of sp³-hybridized carbons (Fsp3) is 0.857. The van der Waals surface area contributed by atoms with Crippen molar-refractivity contribution >= 4 is 0 Å². The molecule has 0 heterocycles. The lowest BCUT2D eigenvalue weighted by molar-refractivity contribution is 0.215. The number of hydrogen-bond donors (Lipinski definition) is 1. The predicted molar refractivity (Wildman–Crippen MR) is 68.0 cm³/mol. The van der Waals surface area contributed by atoms with Crippen LogP contribution in [0, 0.1) is 11.8 Å². The summed E-state index contributed by atoms with van der Waals surface area (Å²) >= 11 is 0. The Morgan fingerprint density at radius 1 is 1.27 bits per heavy atom. The average molecular weight is 209 g/mol. The Bertz CT molecular complexity index is 174. The Labute approximate surface area is 95.3 Å². The van der Waals surface area contributed by atoms with Crippen molar-refractivity contribution in [3.8, 4) is 0 Å². The van der Waals surface area contributed by atoms with Crippen LogP contribution in [0.15, 0.2) is 12.7 Å². The van der Waals surface area contributed by atoms with Crippen molar-refractivity contribution in [3.05, 3.63) is 12.7 Å².